The van der Waals surface area contributed by atoms with E-state index in [0.717, 1.165) is 77.0 Å². The summed E-state index contributed by atoms with van der Waals surface area (Å²) in [5.41, 5.74) is 0. The van der Waals surface area contributed by atoms with Crippen molar-refractivity contribution in [2.75, 3.05) is 19.8 Å². The Morgan fingerprint density at radius 3 is 1.21 bits per heavy atom. The van der Waals surface area contributed by atoms with E-state index in [2.05, 4.69) is 41.5 Å². The molecule has 39 heavy (non-hydrogen) atoms. The minimum Gasteiger partial charge on any atom is -0.465 e. The van der Waals surface area contributed by atoms with Crippen molar-refractivity contribution in [1.29, 1.82) is 0 Å². The number of carbonyl (C=O) groups excluding carboxylic acids is 3. The van der Waals surface area contributed by atoms with E-state index in [1.165, 1.54) is 0 Å². The van der Waals surface area contributed by atoms with Gasteiger partial charge in [-0.3, -0.25) is 14.4 Å². The van der Waals surface area contributed by atoms with Gasteiger partial charge >= 0.3 is 17.9 Å². The average Bonchev–Trinajstić information content (AvgIpc) is 2.96. The zero-order chi connectivity index (χ0) is 29.0. The van der Waals surface area contributed by atoms with Crippen molar-refractivity contribution < 1.29 is 28.6 Å². The fourth-order valence-electron chi connectivity index (χ4n) is 5.66. The summed E-state index contributed by atoms with van der Waals surface area (Å²) in [7, 11) is 0. The molecule has 0 radical (unpaired) electrons. The number of unbranched alkanes of at least 4 members (excludes halogenated alkanes) is 3. The molecule has 1 aliphatic rings. The van der Waals surface area contributed by atoms with Crippen molar-refractivity contribution in [3.8, 4) is 0 Å². The molecule has 1 aliphatic carbocycles. The Labute approximate surface area is 239 Å². The maximum absolute atomic E-state index is 13.6. The predicted molar refractivity (Wildman–Crippen MR) is 157 cm³/mol. The molecule has 5 unspecified atom stereocenters. The second-order valence-corrected chi connectivity index (χ2v) is 11.8. The minimum absolute atomic E-state index is 0.293. The van der Waals surface area contributed by atoms with Gasteiger partial charge in [0.25, 0.3) is 0 Å². The van der Waals surface area contributed by atoms with E-state index in [-0.39, 0.29) is 11.9 Å². The van der Waals surface area contributed by atoms with E-state index >= 15 is 0 Å². The number of ether oxygens (including phenoxy) is 3. The van der Waals surface area contributed by atoms with E-state index in [9.17, 15) is 14.4 Å². The van der Waals surface area contributed by atoms with Crippen LogP contribution in [-0.4, -0.2) is 37.7 Å². The summed E-state index contributed by atoms with van der Waals surface area (Å²) in [6.45, 7) is 13.9. The molecule has 0 aromatic rings. The van der Waals surface area contributed by atoms with Crippen molar-refractivity contribution in [1.82, 2.24) is 0 Å². The maximum Gasteiger partial charge on any atom is 0.310 e. The number of carbonyl (C=O) groups is 3. The minimum atomic E-state index is -0.839. The van der Waals surface area contributed by atoms with Gasteiger partial charge in [-0.05, 0) is 49.9 Å². The SMILES string of the molecule is CCCCC(CC)COC(=O)C1CCCC(C(=O)OCC(CC)CCCC)C1C(=O)OCC(CC)CCCC. The highest BCUT2D eigenvalue weighted by molar-refractivity contribution is 5.87. The molecule has 0 amide bonds. The van der Waals surface area contributed by atoms with Crippen LogP contribution in [0.1, 0.15) is 138 Å². The van der Waals surface area contributed by atoms with Gasteiger partial charge in [0.1, 0.15) is 0 Å². The number of hydrogen-bond acceptors (Lipinski definition) is 6. The highest BCUT2D eigenvalue weighted by Gasteiger charge is 2.47. The molecular weight excluding hydrogens is 492 g/mol. The Hall–Kier alpha value is -1.59. The molecule has 5 atom stereocenters. The van der Waals surface area contributed by atoms with Crippen molar-refractivity contribution >= 4 is 17.9 Å². The lowest BCUT2D eigenvalue weighted by Crippen LogP contribution is -2.44. The molecular formula is C33H60O6. The second-order valence-electron chi connectivity index (χ2n) is 11.8. The summed E-state index contributed by atoms with van der Waals surface area (Å²) in [6.07, 6.45) is 14.3. The first kappa shape index (κ1) is 35.4. The second kappa shape index (κ2) is 21.2. The molecule has 0 N–H and O–H groups in total. The lowest BCUT2D eigenvalue weighted by Gasteiger charge is -2.34. The van der Waals surface area contributed by atoms with Gasteiger partial charge in [0.2, 0.25) is 0 Å². The maximum atomic E-state index is 13.6. The first-order chi connectivity index (χ1) is 18.9. The lowest BCUT2D eigenvalue weighted by molar-refractivity contribution is -0.174. The Morgan fingerprint density at radius 2 is 0.897 bits per heavy atom. The van der Waals surface area contributed by atoms with Crippen LogP contribution in [0.2, 0.25) is 0 Å². The van der Waals surface area contributed by atoms with E-state index in [1.807, 2.05) is 0 Å². The van der Waals surface area contributed by atoms with Crippen LogP contribution < -0.4 is 0 Å². The van der Waals surface area contributed by atoms with E-state index in [1.54, 1.807) is 0 Å². The predicted octanol–water partition coefficient (Wildman–Crippen LogP) is 8.30. The third-order valence-corrected chi connectivity index (χ3v) is 8.79. The molecule has 1 fully saturated rings. The lowest BCUT2D eigenvalue weighted by atomic mass is 9.71. The number of hydrogen-bond donors (Lipinski definition) is 0. The van der Waals surface area contributed by atoms with Gasteiger partial charge in [-0.15, -0.1) is 0 Å². The van der Waals surface area contributed by atoms with Gasteiger partial charge in [0.05, 0.1) is 37.6 Å². The molecule has 6 heteroatoms. The fraction of sp³-hybridized carbons (Fsp3) is 0.909. The highest BCUT2D eigenvalue weighted by Crippen LogP contribution is 2.38. The van der Waals surface area contributed by atoms with Gasteiger partial charge in [0, 0.05) is 0 Å². The van der Waals surface area contributed by atoms with Crippen molar-refractivity contribution in [3.05, 3.63) is 0 Å². The summed E-state index contributed by atoms with van der Waals surface area (Å²) < 4.78 is 17.4. The van der Waals surface area contributed by atoms with E-state index in [0.29, 0.717) is 56.8 Å². The molecule has 0 aliphatic heterocycles. The number of esters is 3. The van der Waals surface area contributed by atoms with Crippen LogP contribution in [0.5, 0.6) is 0 Å². The van der Waals surface area contributed by atoms with Gasteiger partial charge in [-0.25, -0.2) is 0 Å². The zero-order valence-electron chi connectivity index (χ0n) is 26.1. The third kappa shape index (κ3) is 13.1. The van der Waals surface area contributed by atoms with Gasteiger partial charge in [0.15, 0.2) is 0 Å². The van der Waals surface area contributed by atoms with Crippen molar-refractivity contribution in [3.63, 3.8) is 0 Å². The average molecular weight is 553 g/mol. The molecule has 0 heterocycles. The topological polar surface area (TPSA) is 78.9 Å². The zero-order valence-corrected chi connectivity index (χ0v) is 26.1. The summed E-state index contributed by atoms with van der Waals surface area (Å²) in [4.78, 5) is 40.3. The van der Waals surface area contributed by atoms with Crippen LogP contribution in [0.3, 0.4) is 0 Å². The molecule has 0 bridgehead atoms. The molecule has 0 aromatic carbocycles. The largest absolute Gasteiger partial charge is 0.465 e. The molecule has 0 aromatic heterocycles. The van der Waals surface area contributed by atoms with Crippen molar-refractivity contribution in [2.24, 2.45) is 35.5 Å². The molecule has 0 saturated heterocycles. The van der Waals surface area contributed by atoms with Crippen LogP contribution in [0, 0.1) is 35.5 Å². The first-order valence-electron chi connectivity index (χ1n) is 16.4. The van der Waals surface area contributed by atoms with Crippen LogP contribution in [0.15, 0.2) is 0 Å². The van der Waals surface area contributed by atoms with Gasteiger partial charge < -0.3 is 14.2 Å². The summed E-state index contributed by atoms with van der Waals surface area (Å²) in [5.74, 6) is -2.40. The third-order valence-electron chi connectivity index (χ3n) is 8.79. The van der Waals surface area contributed by atoms with Crippen LogP contribution in [0.25, 0.3) is 0 Å². The van der Waals surface area contributed by atoms with Crippen molar-refractivity contribution in [2.45, 2.75) is 138 Å². The fourth-order valence-corrected chi connectivity index (χ4v) is 5.66. The van der Waals surface area contributed by atoms with Crippen LogP contribution in [-0.2, 0) is 28.6 Å². The smallest absolute Gasteiger partial charge is 0.310 e. The summed E-state index contributed by atoms with van der Waals surface area (Å²) in [6, 6.07) is 0. The highest BCUT2D eigenvalue weighted by atomic mass is 16.5. The van der Waals surface area contributed by atoms with Gasteiger partial charge in [-0.2, -0.15) is 0 Å². The van der Waals surface area contributed by atoms with Crippen LogP contribution >= 0.6 is 0 Å². The molecule has 0 spiro atoms. The standard InChI is InChI=1S/C33H60O6/c1-7-13-17-25(10-4)22-37-31(34)28-20-16-21-29(32(35)38-23-26(11-5)18-14-8-2)30(28)33(36)39-24-27(12-6)19-15-9-3/h25-30H,7-24H2,1-6H3. The van der Waals surface area contributed by atoms with Crippen LogP contribution in [0.4, 0.5) is 0 Å². The first-order valence-corrected chi connectivity index (χ1v) is 16.4. The molecule has 1 rings (SSSR count). The summed E-state index contributed by atoms with van der Waals surface area (Å²) in [5, 5.41) is 0. The molecule has 1 saturated carbocycles. The Morgan fingerprint density at radius 1 is 0.564 bits per heavy atom. The monoisotopic (exact) mass is 552 g/mol. The molecule has 6 nitrogen and oxygen atoms in total. The Bertz CT molecular complexity index is 637. The van der Waals surface area contributed by atoms with E-state index in [4.69, 9.17) is 14.2 Å². The molecule has 228 valence electrons. The normalized spacial score (nSPS) is 21.5. The quantitative estimate of drug-likeness (QED) is 0.105. The Balaban J connectivity index is 3.01. The number of rotatable bonds is 21. The van der Waals surface area contributed by atoms with E-state index < -0.39 is 23.7 Å². The van der Waals surface area contributed by atoms with Gasteiger partial charge in [-0.1, -0.05) is 106 Å². The summed E-state index contributed by atoms with van der Waals surface area (Å²) >= 11 is 0. The Kier molecular flexibility index (Phi) is 19.3.